The second-order valence-electron chi connectivity index (χ2n) is 4.56. The van der Waals surface area contributed by atoms with Crippen molar-refractivity contribution in [3.8, 4) is 5.75 Å². The van der Waals surface area contributed by atoms with Crippen LogP contribution in [0.3, 0.4) is 0 Å². The Hall–Kier alpha value is -1.76. The normalized spacial score (nSPS) is 19.4. The molecule has 1 amide bonds. The zero-order valence-electron chi connectivity index (χ0n) is 10.7. The van der Waals surface area contributed by atoms with Gasteiger partial charge in [0.1, 0.15) is 5.75 Å². The molecule has 1 unspecified atom stereocenters. The van der Waals surface area contributed by atoms with Gasteiger partial charge in [-0.1, -0.05) is 6.42 Å². The van der Waals surface area contributed by atoms with Crippen molar-refractivity contribution < 1.29 is 22.7 Å². The molecule has 0 aliphatic carbocycles. The minimum Gasteiger partial charge on any atom is -0.406 e. The van der Waals surface area contributed by atoms with E-state index < -0.39 is 6.36 Å². The van der Waals surface area contributed by atoms with E-state index in [1.54, 1.807) is 0 Å². The molecular formula is C13H15F3N2O2. The van der Waals surface area contributed by atoms with Crippen molar-refractivity contribution in [3.05, 3.63) is 24.3 Å². The Morgan fingerprint density at radius 1 is 1.25 bits per heavy atom. The van der Waals surface area contributed by atoms with Gasteiger partial charge in [0, 0.05) is 5.69 Å². The van der Waals surface area contributed by atoms with Crippen LogP contribution in [0.5, 0.6) is 5.75 Å². The standard InChI is InChI=1S/C13H15F3N2O2/c14-13(15,16)20-10-6-4-9(5-7-10)18-12(19)11-3-1-2-8-17-11/h4-7,11,17H,1-3,8H2,(H,18,19). The number of alkyl halides is 3. The van der Waals surface area contributed by atoms with Gasteiger partial charge in [0.2, 0.25) is 5.91 Å². The lowest BCUT2D eigenvalue weighted by atomic mass is 10.0. The van der Waals surface area contributed by atoms with E-state index >= 15 is 0 Å². The molecule has 0 aromatic heterocycles. The summed E-state index contributed by atoms with van der Waals surface area (Å²) < 4.78 is 39.7. The first kappa shape index (κ1) is 14.6. The molecule has 1 heterocycles. The van der Waals surface area contributed by atoms with Crippen LogP contribution in [0.15, 0.2) is 24.3 Å². The molecular weight excluding hydrogens is 273 g/mol. The molecule has 0 bridgehead atoms. The van der Waals surface area contributed by atoms with Crippen molar-refractivity contribution in [3.63, 3.8) is 0 Å². The highest BCUT2D eigenvalue weighted by molar-refractivity contribution is 5.94. The highest BCUT2D eigenvalue weighted by atomic mass is 19.4. The SMILES string of the molecule is O=C(Nc1ccc(OC(F)(F)F)cc1)C1CCCCN1. The van der Waals surface area contributed by atoms with Crippen LogP contribution < -0.4 is 15.4 Å². The number of nitrogens with one attached hydrogen (secondary N) is 2. The summed E-state index contributed by atoms with van der Waals surface area (Å²) >= 11 is 0. The van der Waals surface area contributed by atoms with Crippen molar-refractivity contribution in [2.75, 3.05) is 11.9 Å². The smallest absolute Gasteiger partial charge is 0.406 e. The highest BCUT2D eigenvalue weighted by Crippen LogP contribution is 2.24. The van der Waals surface area contributed by atoms with Crippen molar-refractivity contribution in [1.29, 1.82) is 0 Å². The quantitative estimate of drug-likeness (QED) is 0.899. The van der Waals surface area contributed by atoms with Gasteiger partial charge in [-0.2, -0.15) is 0 Å². The predicted molar refractivity (Wildman–Crippen MR) is 67.4 cm³/mol. The Balaban J connectivity index is 1.91. The Labute approximate surface area is 114 Å². The van der Waals surface area contributed by atoms with E-state index in [4.69, 9.17) is 0 Å². The number of piperidine rings is 1. The molecule has 0 radical (unpaired) electrons. The van der Waals surface area contributed by atoms with Crippen molar-refractivity contribution in [2.24, 2.45) is 0 Å². The van der Waals surface area contributed by atoms with E-state index in [1.165, 1.54) is 12.1 Å². The molecule has 0 saturated carbocycles. The predicted octanol–water partition coefficient (Wildman–Crippen LogP) is 2.67. The molecule has 1 atom stereocenters. The summed E-state index contributed by atoms with van der Waals surface area (Å²) in [5, 5.41) is 5.76. The molecule has 4 nitrogen and oxygen atoms in total. The molecule has 110 valence electrons. The third-order valence-electron chi connectivity index (χ3n) is 2.98. The summed E-state index contributed by atoms with van der Waals surface area (Å²) in [7, 11) is 0. The minimum absolute atomic E-state index is 0.172. The molecule has 2 N–H and O–H groups in total. The van der Waals surface area contributed by atoms with Crippen LogP contribution >= 0.6 is 0 Å². The molecule has 0 spiro atoms. The van der Waals surface area contributed by atoms with Crippen LogP contribution in [-0.4, -0.2) is 24.9 Å². The molecule has 2 rings (SSSR count). The van der Waals surface area contributed by atoms with Crippen LogP contribution in [0.25, 0.3) is 0 Å². The van der Waals surface area contributed by atoms with Crippen LogP contribution in [0, 0.1) is 0 Å². The van der Waals surface area contributed by atoms with Gasteiger partial charge >= 0.3 is 6.36 Å². The maximum absolute atomic E-state index is 12.0. The van der Waals surface area contributed by atoms with Gasteiger partial charge in [-0.25, -0.2) is 0 Å². The molecule has 20 heavy (non-hydrogen) atoms. The summed E-state index contributed by atoms with van der Waals surface area (Å²) in [6, 6.07) is 4.84. The second-order valence-corrected chi connectivity index (χ2v) is 4.56. The van der Waals surface area contributed by atoms with Crippen molar-refractivity contribution >= 4 is 11.6 Å². The zero-order valence-corrected chi connectivity index (χ0v) is 10.7. The number of carbonyl (C=O) groups is 1. The largest absolute Gasteiger partial charge is 0.573 e. The van der Waals surface area contributed by atoms with Gasteiger partial charge in [-0.05, 0) is 43.7 Å². The first-order valence-corrected chi connectivity index (χ1v) is 6.34. The van der Waals surface area contributed by atoms with E-state index in [-0.39, 0.29) is 17.7 Å². The van der Waals surface area contributed by atoms with Gasteiger partial charge < -0.3 is 15.4 Å². The highest BCUT2D eigenvalue weighted by Gasteiger charge is 2.31. The fraction of sp³-hybridized carbons (Fsp3) is 0.462. The van der Waals surface area contributed by atoms with Crippen LogP contribution in [-0.2, 0) is 4.79 Å². The van der Waals surface area contributed by atoms with Crippen molar-refractivity contribution in [1.82, 2.24) is 5.32 Å². The summed E-state index contributed by atoms with van der Waals surface area (Å²) in [4.78, 5) is 11.9. The van der Waals surface area contributed by atoms with E-state index in [0.717, 1.165) is 37.9 Å². The fourth-order valence-corrected chi connectivity index (χ4v) is 2.04. The molecule has 1 aromatic carbocycles. The van der Waals surface area contributed by atoms with Gasteiger partial charge in [-0.15, -0.1) is 13.2 Å². The lowest BCUT2D eigenvalue weighted by Crippen LogP contribution is -2.43. The topological polar surface area (TPSA) is 50.4 Å². The van der Waals surface area contributed by atoms with Gasteiger partial charge in [0.15, 0.2) is 0 Å². The first-order chi connectivity index (χ1) is 9.44. The van der Waals surface area contributed by atoms with Crippen LogP contribution in [0.1, 0.15) is 19.3 Å². The summed E-state index contributed by atoms with van der Waals surface area (Å²) in [5.41, 5.74) is 0.442. The van der Waals surface area contributed by atoms with Gasteiger partial charge in [0.25, 0.3) is 0 Å². The summed E-state index contributed by atoms with van der Waals surface area (Å²) in [6.45, 7) is 0.802. The Kier molecular flexibility index (Phi) is 4.49. The number of benzene rings is 1. The average Bonchev–Trinajstić information content (AvgIpc) is 2.40. The Morgan fingerprint density at radius 2 is 1.95 bits per heavy atom. The maximum Gasteiger partial charge on any atom is 0.573 e. The van der Waals surface area contributed by atoms with Crippen molar-refractivity contribution in [2.45, 2.75) is 31.7 Å². The summed E-state index contributed by atoms with van der Waals surface area (Å²) in [6.07, 6.45) is -1.91. The number of hydrogen-bond acceptors (Lipinski definition) is 3. The van der Waals surface area contributed by atoms with E-state index in [1.807, 2.05) is 0 Å². The second kappa shape index (κ2) is 6.13. The number of carbonyl (C=O) groups excluding carboxylic acids is 1. The zero-order chi connectivity index (χ0) is 14.6. The third-order valence-corrected chi connectivity index (χ3v) is 2.98. The van der Waals surface area contributed by atoms with E-state index in [2.05, 4.69) is 15.4 Å². The third kappa shape index (κ3) is 4.41. The number of rotatable bonds is 3. The summed E-state index contributed by atoms with van der Waals surface area (Å²) in [5.74, 6) is -0.486. The van der Waals surface area contributed by atoms with Gasteiger partial charge in [0.05, 0.1) is 6.04 Å². The van der Waals surface area contributed by atoms with E-state index in [9.17, 15) is 18.0 Å². The molecule has 1 aromatic rings. The molecule has 1 aliphatic heterocycles. The molecule has 7 heteroatoms. The Bertz CT molecular complexity index is 454. The lowest BCUT2D eigenvalue weighted by Gasteiger charge is -2.22. The molecule has 1 saturated heterocycles. The number of hydrogen-bond donors (Lipinski definition) is 2. The fourth-order valence-electron chi connectivity index (χ4n) is 2.04. The van der Waals surface area contributed by atoms with E-state index in [0.29, 0.717) is 5.69 Å². The molecule has 1 aliphatic rings. The van der Waals surface area contributed by atoms with Crippen LogP contribution in [0.4, 0.5) is 18.9 Å². The lowest BCUT2D eigenvalue weighted by molar-refractivity contribution is -0.274. The van der Waals surface area contributed by atoms with Gasteiger partial charge in [-0.3, -0.25) is 4.79 Å². The minimum atomic E-state index is -4.71. The number of halogens is 3. The van der Waals surface area contributed by atoms with Crippen LogP contribution in [0.2, 0.25) is 0 Å². The Morgan fingerprint density at radius 3 is 2.50 bits per heavy atom. The maximum atomic E-state index is 12.0. The number of ether oxygens (including phenoxy) is 1. The molecule has 1 fully saturated rings. The number of anilines is 1. The average molecular weight is 288 g/mol. The first-order valence-electron chi connectivity index (χ1n) is 6.34. The monoisotopic (exact) mass is 288 g/mol. The number of amides is 1.